The normalized spacial score (nSPS) is 10.7. The molecule has 0 spiro atoms. The molecule has 0 bridgehead atoms. The number of nitrogens with one attached hydrogen (secondary N) is 2. The number of rotatable bonds is 6. The molecule has 10 heteroatoms. The molecule has 4 rings (SSSR count). The predicted molar refractivity (Wildman–Crippen MR) is 142 cm³/mol. The van der Waals surface area contributed by atoms with Crippen LogP contribution >= 0.6 is 11.3 Å². The van der Waals surface area contributed by atoms with Crippen molar-refractivity contribution < 1.29 is 18.7 Å². The summed E-state index contributed by atoms with van der Waals surface area (Å²) in [4.78, 5) is 41.7. The first kappa shape index (κ1) is 25.6. The van der Waals surface area contributed by atoms with Gasteiger partial charge >= 0.3 is 0 Å². The van der Waals surface area contributed by atoms with Crippen LogP contribution in [0.3, 0.4) is 0 Å². The van der Waals surface area contributed by atoms with Gasteiger partial charge in [-0.25, -0.2) is 9.37 Å². The molecule has 0 saturated heterocycles. The highest BCUT2D eigenvalue weighted by Gasteiger charge is 2.22. The van der Waals surface area contributed by atoms with Gasteiger partial charge in [-0.2, -0.15) is 0 Å². The highest BCUT2D eigenvalue weighted by atomic mass is 32.1. The molecule has 0 saturated carbocycles. The molecule has 0 aliphatic heterocycles. The maximum atomic E-state index is 13.9. The number of pyridine rings is 1. The second-order valence-corrected chi connectivity index (χ2v) is 9.29. The van der Waals surface area contributed by atoms with Crippen molar-refractivity contribution in [2.75, 3.05) is 11.9 Å². The van der Waals surface area contributed by atoms with E-state index in [1.165, 1.54) is 16.7 Å². The van der Waals surface area contributed by atoms with Gasteiger partial charge in [0, 0.05) is 36.6 Å². The molecule has 2 aromatic heterocycles. The Hall–Kier alpha value is -4.49. The van der Waals surface area contributed by atoms with Gasteiger partial charge in [0.15, 0.2) is 5.01 Å². The summed E-state index contributed by atoms with van der Waals surface area (Å²) in [7, 11) is 1.59. The van der Waals surface area contributed by atoms with Crippen molar-refractivity contribution in [2.45, 2.75) is 20.8 Å². The Balaban J connectivity index is 1.97. The lowest BCUT2D eigenvalue weighted by Gasteiger charge is -2.17. The third-order valence-electron chi connectivity index (χ3n) is 5.55. The summed E-state index contributed by atoms with van der Waals surface area (Å²) in [5, 5.41) is 5.44. The van der Waals surface area contributed by atoms with Crippen LogP contribution in [-0.2, 0) is 11.8 Å². The Morgan fingerprint density at radius 1 is 1.19 bits per heavy atom. The van der Waals surface area contributed by atoms with Crippen molar-refractivity contribution >= 4 is 39.1 Å². The number of hydrogen-bond donors (Lipinski definition) is 2. The Morgan fingerprint density at radius 2 is 1.89 bits per heavy atom. The Kier molecular flexibility index (Phi) is 7.09. The van der Waals surface area contributed by atoms with Gasteiger partial charge in [-0.15, -0.1) is 17.8 Å². The molecule has 0 radical (unpaired) electrons. The monoisotopic (exact) mass is 518 g/mol. The van der Waals surface area contributed by atoms with E-state index in [0.717, 1.165) is 11.3 Å². The van der Waals surface area contributed by atoms with Crippen LogP contribution in [0, 0.1) is 32.0 Å². The molecule has 2 heterocycles. The zero-order chi connectivity index (χ0) is 26.9. The number of benzene rings is 2. The number of hydrogen-bond acceptors (Lipinski definition) is 6. The van der Waals surface area contributed by atoms with Gasteiger partial charge in [-0.1, -0.05) is 0 Å². The van der Waals surface area contributed by atoms with Crippen LogP contribution in [0.25, 0.3) is 21.3 Å². The number of terminal acetylenes is 1. The number of carbonyl (C=O) groups excluding carboxylic acids is 2. The summed E-state index contributed by atoms with van der Waals surface area (Å²) in [5.74, 6) is 1.43. The fourth-order valence-electron chi connectivity index (χ4n) is 3.89. The van der Waals surface area contributed by atoms with Crippen LogP contribution in [0.15, 0.2) is 41.3 Å². The van der Waals surface area contributed by atoms with E-state index in [4.69, 9.17) is 11.2 Å². The topological polar surface area (TPSA) is 102 Å². The lowest BCUT2D eigenvalue weighted by atomic mass is 10.0. The van der Waals surface area contributed by atoms with Crippen molar-refractivity contribution in [3.8, 4) is 35.0 Å². The molecule has 0 unspecified atom stereocenters. The van der Waals surface area contributed by atoms with Crippen LogP contribution in [0.1, 0.15) is 27.9 Å². The average Bonchev–Trinajstić information content (AvgIpc) is 3.30. The van der Waals surface area contributed by atoms with E-state index in [1.54, 1.807) is 52.2 Å². The lowest BCUT2D eigenvalue weighted by molar-refractivity contribution is -0.111. The van der Waals surface area contributed by atoms with Gasteiger partial charge in [-0.3, -0.25) is 14.4 Å². The first-order valence-corrected chi connectivity index (χ1v) is 12.1. The first-order chi connectivity index (χ1) is 17.6. The molecule has 0 aliphatic carbocycles. The van der Waals surface area contributed by atoms with Crippen molar-refractivity contribution in [3.05, 3.63) is 68.8 Å². The number of anilines is 1. The average molecular weight is 519 g/mol. The van der Waals surface area contributed by atoms with E-state index in [-0.39, 0.29) is 22.3 Å². The number of ether oxygens (including phenoxy) is 1. The second kappa shape index (κ2) is 10.2. The predicted octanol–water partition coefficient (Wildman–Crippen LogP) is 4.53. The quantitative estimate of drug-likeness (QED) is 0.365. The summed E-state index contributed by atoms with van der Waals surface area (Å²) in [6.07, 6.45) is 6.80. The maximum absolute atomic E-state index is 13.9. The van der Waals surface area contributed by atoms with Crippen LogP contribution in [0.2, 0.25) is 0 Å². The molecule has 2 N–H and O–H groups in total. The molecule has 188 valence electrons. The molecule has 8 nitrogen and oxygen atoms in total. The van der Waals surface area contributed by atoms with E-state index in [9.17, 15) is 18.8 Å². The molecule has 0 atom stereocenters. The molecule has 2 aromatic carbocycles. The smallest absolute Gasteiger partial charge is 0.300 e. The van der Waals surface area contributed by atoms with Crippen LogP contribution < -0.4 is 20.9 Å². The van der Waals surface area contributed by atoms with Crippen molar-refractivity contribution in [2.24, 2.45) is 7.05 Å². The Labute approximate surface area is 216 Å². The molecular weight excluding hydrogens is 495 g/mol. The second-order valence-electron chi connectivity index (χ2n) is 8.30. The largest absolute Gasteiger partial charge is 0.456 e. The summed E-state index contributed by atoms with van der Waals surface area (Å²) in [6, 6.07) is 7.63. The molecule has 37 heavy (non-hydrogen) atoms. The van der Waals surface area contributed by atoms with E-state index >= 15 is 0 Å². The highest BCUT2D eigenvalue weighted by molar-refractivity contribution is 7.20. The SMILES string of the molecule is C#CC(=O)Nc1ccc(Oc2c(C)cc(F)cc2C)c(-c2cn(C)c(=O)c3sc(C(=O)NCC)nc23)c1. The number of aryl methyl sites for hydroxylation is 3. The van der Waals surface area contributed by atoms with Crippen molar-refractivity contribution in [1.29, 1.82) is 0 Å². The third-order valence-corrected chi connectivity index (χ3v) is 6.59. The van der Waals surface area contributed by atoms with Crippen molar-refractivity contribution in [3.63, 3.8) is 0 Å². The fraction of sp³-hybridized carbons (Fsp3) is 0.185. The van der Waals surface area contributed by atoms with Gasteiger partial charge in [0.25, 0.3) is 17.4 Å². The summed E-state index contributed by atoms with van der Waals surface area (Å²) in [5.41, 5.74) is 2.54. The van der Waals surface area contributed by atoms with Crippen LogP contribution in [0.4, 0.5) is 10.1 Å². The standard InChI is InChI=1S/C27H23FN4O4S/c1-6-21(33)30-17-8-9-20(36-23-14(3)10-16(28)11-15(23)4)18(12-17)19-13-32(5)27(35)24-22(19)31-26(37-24)25(34)29-7-2/h1,8-13H,7H2,2-5H3,(H,29,34)(H,30,33). The van der Waals surface area contributed by atoms with Gasteiger partial charge in [0.05, 0.1) is 5.52 Å². The summed E-state index contributed by atoms with van der Waals surface area (Å²) in [6.45, 7) is 5.66. The minimum absolute atomic E-state index is 0.144. The molecule has 2 amide bonds. The number of fused-ring (bicyclic) bond motifs is 1. The first-order valence-electron chi connectivity index (χ1n) is 11.3. The van der Waals surface area contributed by atoms with Gasteiger partial charge in [0.1, 0.15) is 22.0 Å². The minimum atomic E-state index is -0.636. The summed E-state index contributed by atoms with van der Waals surface area (Å²) < 4.78 is 21.8. The Bertz CT molecular complexity index is 1640. The maximum Gasteiger partial charge on any atom is 0.300 e. The number of amides is 2. The van der Waals surface area contributed by atoms with Gasteiger partial charge in [0.2, 0.25) is 0 Å². The number of halogens is 1. The summed E-state index contributed by atoms with van der Waals surface area (Å²) >= 11 is 0.995. The van der Waals surface area contributed by atoms with Crippen LogP contribution in [-0.4, -0.2) is 27.9 Å². The van der Waals surface area contributed by atoms with E-state index < -0.39 is 5.91 Å². The number of aromatic nitrogens is 2. The highest BCUT2D eigenvalue weighted by Crippen LogP contribution is 2.40. The Morgan fingerprint density at radius 3 is 2.54 bits per heavy atom. The molecule has 4 aromatic rings. The van der Waals surface area contributed by atoms with E-state index in [1.807, 2.05) is 5.92 Å². The number of nitrogens with zero attached hydrogens (tertiary/aromatic N) is 2. The minimum Gasteiger partial charge on any atom is -0.456 e. The van der Waals surface area contributed by atoms with Crippen LogP contribution in [0.5, 0.6) is 11.5 Å². The van der Waals surface area contributed by atoms with Gasteiger partial charge < -0.3 is 19.9 Å². The molecule has 0 aliphatic rings. The third kappa shape index (κ3) is 5.08. The zero-order valence-electron chi connectivity index (χ0n) is 20.6. The van der Waals surface area contributed by atoms with E-state index in [2.05, 4.69) is 15.6 Å². The zero-order valence-corrected chi connectivity index (χ0v) is 21.4. The lowest BCUT2D eigenvalue weighted by Crippen LogP contribution is -2.22. The number of carbonyl (C=O) groups is 2. The molecule has 0 fully saturated rings. The van der Waals surface area contributed by atoms with E-state index in [0.29, 0.717) is 56.2 Å². The van der Waals surface area contributed by atoms with Crippen molar-refractivity contribution in [1.82, 2.24) is 14.9 Å². The fourth-order valence-corrected chi connectivity index (χ4v) is 4.87. The molecular formula is C27H23FN4O4S. The van der Waals surface area contributed by atoms with Gasteiger partial charge in [-0.05, 0) is 68.2 Å². The number of thiazole rings is 1.